The summed E-state index contributed by atoms with van der Waals surface area (Å²) in [7, 11) is 0. The van der Waals surface area contributed by atoms with Crippen LogP contribution < -0.4 is 5.56 Å². The Hall–Kier alpha value is -1.84. The number of hydrogen-bond acceptors (Lipinski definition) is 5. The van der Waals surface area contributed by atoms with E-state index in [0.29, 0.717) is 44.8 Å². The van der Waals surface area contributed by atoms with Crippen molar-refractivity contribution < 1.29 is 14.6 Å². The lowest BCUT2D eigenvalue weighted by atomic mass is 10.2. The molecule has 1 N–H and O–H groups in total. The monoisotopic (exact) mass is 555 g/mol. The smallest absolute Gasteiger partial charge is 0.410 e. The molecule has 168 valence electrons. The van der Waals surface area contributed by atoms with Gasteiger partial charge in [-0.1, -0.05) is 31.9 Å². The summed E-state index contributed by atoms with van der Waals surface area (Å²) in [6, 6.07) is 7.58. The molecule has 1 aromatic heterocycles. The first-order valence-electron chi connectivity index (χ1n) is 10.1. The fourth-order valence-electron chi connectivity index (χ4n) is 3.41. The largest absolute Gasteiger partial charge is 0.503 e. The van der Waals surface area contributed by atoms with Crippen LogP contribution in [0.2, 0.25) is 0 Å². The van der Waals surface area contributed by atoms with E-state index < -0.39 is 11.2 Å². The number of piperazine rings is 1. The van der Waals surface area contributed by atoms with Crippen LogP contribution in [0.1, 0.15) is 31.9 Å². The van der Waals surface area contributed by atoms with E-state index in [0.717, 1.165) is 14.5 Å². The van der Waals surface area contributed by atoms with Gasteiger partial charge in [0, 0.05) is 53.4 Å². The van der Waals surface area contributed by atoms with Gasteiger partial charge in [0.2, 0.25) is 0 Å². The molecule has 1 aliphatic heterocycles. The van der Waals surface area contributed by atoms with E-state index in [-0.39, 0.29) is 11.8 Å². The third kappa shape index (κ3) is 6.57. The Labute approximate surface area is 198 Å². The SMILES string of the molecule is CC(C)(C)OC(=O)N1CCN(Cc2ccn(Cc3cc(Br)cc(Br)c3)c(=O)c2O)CC1. The molecule has 1 aliphatic rings. The standard InChI is InChI=1S/C22H27Br2N3O4/c1-22(2,3)31-21(30)26-8-6-25(7-9-26)14-16-4-5-27(20(29)19(16)28)13-15-10-17(23)12-18(24)11-15/h4-5,10-12,28H,6-9,13-14H2,1-3H3. The van der Waals surface area contributed by atoms with E-state index in [1.54, 1.807) is 17.2 Å². The van der Waals surface area contributed by atoms with Crippen LogP contribution in [0.3, 0.4) is 0 Å². The molecule has 9 heteroatoms. The van der Waals surface area contributed by atoms with Crippen LogP contribution in [-0.2, 0) is 17.8 Å². The summed E-state index contributed by atoms with van der Waals surface area (Å²) in [6.45, 7) is 8.74. The Morgan fingerprint density at radius 1 is 1.06 bits per heavy atom. The molecule has 0 unspecified atom stereocenters. The molecule has 0 saturated carbocycles. The second kappa shape index (κ2) is 9.75. The molecule has 0 atom stereocenters. The zero-order chi connectivity index (χ0) is 22.8. The number of ether oxygens (including phenoxy) is 1. The van der Waals surface area contributed by atoms with Crippen molar-refractivity contribution in [1.82, 2.24) is 14.4 Å². The molecule has 1 aromatic carbocycles. The Bertz CT molecular complexity index is 989. The number of aromatic hydroxyl groups is 1. The number of nitrogens with zero attached hydrogens (tertiary/aromatic N) is 3. The summed E-state index contributed by atoms with van der Waals surface area (Å²) in [5, 5.41) is 10.5. The number of pyridine rings is 1. The number of amides is 1. The van der Waals surface area contributed by atoms with Gasteiger partial charge in [-0.15, -0.1) is 0 Å². The van der Waals surface area contributed by atoms with Crippen LogP contribution in [-0.4, -0.2) is 57.3 Å². The molecule has 31 heavy (non-hydrogen) atoms. The molecule has 0 spiro atoms. The molecule has 2 aromatic rings. The van der Waals surface area contributed by atoms with Crippen molar-refractivity contribution in [3.63, 3.8) is 0 Å². The minimum Gasteiger partial charge on any atom is -0.503 e. The average molecular weight is 557 g/mol. The van der Waals surface area contributed by atoms with Crippen LogP contribution in [0.15, 0.2) is 44.2 Å². The topological polar surface area (TPSA) is 75.0 Å². The summed E-state index contributed by atoms with van der Waals surface area (Å²) in [6.07, 6.45) is 1.40. The quantitative estimate of drug-likeness (QED) is 0.611. The Balaban J connectivity index is 1.62. The third-order valence-electron chi connectivity index (χ3n) is 4.92. The molecule has 2 heterocycles. The highest BCUT2D eigenvalue weighted by molar-refractivity contribution is 9.11. The minimum atomic E-state index is -0.518. The maximum Gasteiger partial charge on any atom is 0.410 e. The highest BCUT2D eigenvalue weighted by Gasteiger charge is 2.26. The summed E-state index contributed by atoms with van der Waals surface area (Å²) in [5.74, 6) is -0.230. The molecule has 7 nitrogen and oxygen atoms in total. The third-order valence-corrected chi connectivity index (χ3v) is 5.83. The Morgan fingerprint density at radius 3 is 2.26 bits per heavy atom. The molecule has 0 bridgehead atoms. The van der Waals surface area contributed by atoms with E-state index in [4.69, 9.17) is 4.74 Å². The number of aromatic nitrogens is 1. The first kappa shape index (κ1) is 23.8. The molecule has 0 aliphatic carbocycles. The fourth-order valence-corrected chi connectivity index (χ4v) is 4.80. The van der Waals surface area contributed by atoms with Crippen LogP contribution >= 0.6 is 31.9 Å². The highest BCUT2D eigenvalue weighted by atomic mass is 79.9. The Kier molecular flexibility index (Phi) is 7.49. The van der Waals surface area contributed by atoms with Gasteiger partial charge in [0.05, 0.1) is 6.54 Å². The second-order valence-electron chi connectivity index (χ2n) is 8.64. The van der Waals surface area contributed by atoms with Crippen molar-refractivity contribution in [3.8, 4) is 5.75 Å². The second-order valence-corrected chi connectivity index (χ2v) is 10.5. The van der Waals surface area contributed by atoms with Crippen LogP contribution in [0.5, 0.6) is 5.75 Å². The van der Waals surface area contributed by atoms with Gasteiger partial charge in [0.25, 0.3) is 5.56 Å². The zero-order valence-electron chi connectivity index (χ0n) is 17.9. The van der Waals surface area contributed by atoms with E-state index >= 15 is 0 Å². The highest BCUT2D eigenvalue weighted by Crippen LogP contribution is 2.21. The predicted molar refractivity (Wildman–Crippen MR) is 126 cm³/mol. The molecule has 3 rings (SSSR count). The number of benzene rings is 1. The van der Waals surface area contributed by atoms with Gasteiger partial charge in [-0.3, -0.25) is 9.69 Å². The van der Waals surface area contributed by atoms with Crippen molar-refractivity contribution in [2.45, 2.75) is 39.5 Å². The number of halogens is 2. The van der Waals surface area contributed by atoms with Crippen LogP contribution in [0.4, 0.5) is 4.79 Å². The normalized spacial score (nSPS) is 15.2. The van der Waals surface area contributed by atoms with Crippen LogP contribution in [0.25, 0.3) is 0 Å². The van der Waals surface area contributed by atoms with E-state index in [2.05, 4.69) is 36.8 Å². The predicted octanol–water partition coefficient (Wildman–Crippen LogP) is 4.18. The van der Waals surface area contributed by atoms with Gasteiger partial charge in [0.15, 0.2) is 5.75 Å². The van der Waals surface area contributed by atoms with Gasteiger partial charge in [-0.25, -0.2) is 4.79 Å². The number of rotatable bonds is 4. The summed E-state index contributed by atoms with van der Waals surface area (Å²) in [4.78, 5) is 28.7. The van der Waals surface area contributed by atoms with Crippen molar-refractivity contribution in [1.29, 1.82) is 0 Å². The van der Waals surface area contributed by atoms with Crippen molar-refractivity contribution in [2.24, 2.45) is 0 Å². The summed E-state index contributed by atoms with van der Waals surface area (Å²) in [5.41, 5.74) is 0.590. The minimum absolute atomic E-state index is 0.230. The number of hydrogen-bond donors (Lipinski definition) is 1. The molecular formula is C22H27Br2N3O4. The first-order chi connectivity index (χ1) is 14.5. The lowest BCUT2D eigenvalue weighted by molar-refractivity contribution is 0.0138. The van der Waals surface area contributed by atoms with Gasteiger partial charge in [-0.05, 0) is 50.6 Å². The van der Waals surface area contributed by atoms with Crippen LogP contribution in [0, 0.1) is 0 Å². The summed E-state index contributed by atoms with van der Waals surface area (Å²) < 4.78 is 8.74. The maximum absolute atomic E-state index is 12.7. The molecule has 0 radical (unpaired) electrons. The molecule has 1 amide bonds. The average Bonchev–Trinajstić information content (AvgIpc) is 2.66. The fraction of sp³-hybridized carbons (Fsp3) is 0.455. The molecule has 1 fully saturated rings. The lowest BCUT2D eigenvalue weighted by Gasteiger charge is -2.35. The van der Waals surface area contributed by atoms with E-state index in [9.17, 15) is 14.7 Å². The zero-order valence-corrected chi connectivity index (χ0v) is 21.1. The van der Waals surface area contributed by atoms with E-state index in [1.807, 2.05) is 39.0 Å². The Morgan fingerprint density at radius 2 is 1.68 bits per heavy atom. The van der Waals surface area contributed by atoms with Crippen molar-refractivity contribution in [3.05, 3.63) is 60.9 Å². The molecular weight excluding hydrogens is 530 g/mol. The van der Waals surface area contributed by atoms with Crippen molar-refractivity contribution >= 4 is 38.0 Å². The number of carbonyl (C=O) groups excluding carboxylic acids is 1. The lowest BCUT2D eigenvalue weighted by Crippen LogP contribution is -2.49. The maximum atomic E-state index is 12.7. The first-order valence-corrected chi connectivity index (χ1v) is 11.7. The van der Waals surface area contributed by atoms with Gasteiger partial charge < -0.3 is 19.3 Å². The summed E-state index contributed by atoms with van der Waals surface area (Å²) >= 11 is 6.90. The van der Waals surface area contributed by atoms with Gasteiger partial charge in [-0.2, -0.15) is 0 Å². The molecule has 1 saturated heterocycles. The van der Waals surface area contributed by atoms with E-state index in [1.165, 1.54) is 4.57 Å². The van der Waals surface area contributed by atoms with Crippen molar-refractivity contribution in [2.75, 3.05) is 26.2 Å². The van der Waals surface area contributed by atoms with Gasteiger partial charge in [0.1, 0.15) is 5.60 Å². The van der Waals surface area contributed by atoms with Gasteiger partial charge >= 0.3 is 6.09 Å². The number of carbonyl (C=O) groups is 1.